The van der Waals surface area contributed by atoms with Crippen molar-refractivity contribution in [1.29, 1.82) is 0 Å². The third-order valence-corrected chi connectivity index (χ3v) is 6.46. The minimum absolute atomic E-state index is 0.0392. The molecule has 0 bridgehead atoms. The lowest BCUT2D eigenvalue weighted by atomic mass is 10.1. The van der Waals surface area contributed by atoms with E-state index in [2.05, 4.69) is 39.4 Å². The number of nitrogens with zero attached hydrogens (tertiary/aromatic N) is 4. The minimum atomic E-state index is -0.184. The smallest absolute Gasteiger partial charge is 0.255 e. The maximum atomic E-state index is 12.6. The first kappa shape index (κ1) is 22.3. The van der Waals surface area contributed by atoms with E-state index in [0.29, 0.717) is 23.3 Å². The number of hydrogen-bond donors (Lipinski definition) is 2. The van der Waals surface area contributed by atoms with Gasteiger partial charge in [-0.2, -0.15) is 5.10 Å². The van der Waals surface area contributed by atoms with E-state index < -0.39 is 0 Å². The molecule has 1 aromatic heterocycles. The van der Waals surface area contributed by atoms with Crippen LogP contribution in [0.3, 0.4) is 0 Å². The molecular formula is C24H34N6O2. The molecule has 2 fully saturated rings. The first-order chi connectivity index (χ1) is 15.5. The van der Waals surface area contributed by atoms with E-state index in [1.54, 1.807) is 17.1 Å². The Morgan fingerprint density at radius 2 is 1.75 bits per heavy atom. The van der Waals surface area contributed by atoms with Crippen molar-refractivity contribution in [2.45, 2.75) is 58.2 Å². The molecular weight excluding hydrogens is 404 g/mol. The lowest BCUT2D eigenvalue weighted by Gasteiger charge is -2.38. The van der Waals surface area contributed by atoms with E-state index in [1.807, 2.05) is 24.3 Å². The van der Waals surface area contributed by atoms with Crippen LogP contribution in [0.25, 0.3) is 0 Å². The number of hydrogen-bond acceptors (Lipinski definition) is 5. The van der Waals surface area contributed by atoms with E-state index in [-0.39, 0.29) is 18.4 Å². The number of piperazine rings is 1. The molecule has 2 aliphatic rings. The first-order valence-electron chi connectivity index (χ1n) is 11.7. The van der Waals surface area contributed by atoms with Crippen LogP contribution in [0.5, 0.6) is 0 Å². The highest BCUT2D eigenvalue weighted by molar-refractivity contribution is 6.04. The van der Waals surface area contributed by atoms with Gasteiger partial charge in [0.25, 0.3) is 5.91 Å². The number of carbonyl (C=O) groups is 2. The summed E-state index contributed by atoms with van der Waals surface area (Å²) in [4.78, 5) is 29.6. The Bertz CT molecular complexity index is 909. The molecule has 2 heterocycles. The van der Waals surface area contributed by atoms with Gasteiger partial charge < -0.3 is 15.5 Å². The van der Waals surface area contributed by atoms with Crippen molar-refractivity contribution in [1.82, 2.24) is 20.0 Å². The number of nitrogens with one attached hydrogen (secondary N) is 2. The number of rotatable bonds is 7. The Labute approximate surface area is 190 Å². The Morgan fingerprint density at radius 3 is 2.41 bits per heavy atom. The van der Waals surface area contributed by atoms with Gasteiger partial charge in [-0.1, -0.05) is 12.8 Å². The Morgan fingerprint density at radius 1 is 1.06 bits per heavy atom. The van der Waals surface area contributed by atoms with E-state index in [0.717, 1.165) is 44.7 Å². The molecule has 1 aliphatic carbocycles. The van der Waals surface area contributed by atoms with Gasteiger partial charge in [-0.05, 0) is 51.0 Å². The average molecular weight is 439 g/mol. The zero-order chi connectivity index (χ0) is 22.5. The highest BCUT2D eigenvalue weighted by Gasteiger charge is 2.20. The van der Waals surface area contributed by atoms with Gasteiger partial charge >= 0.3 is 0 Å². The van der Waals surface area contributed by atoms with Gasteiger partial charge in [-0.25, -0.2) is 0 Å². The van der Waals surface area contributed by atoms with Gasteiger partial charge in [-0.3, -0.25) is 19.2 Å². The molecule has 8 heteroatoms. The van der Waals surface area contributed by atoms with Crippen LogP contribution in [0.1, 0.15) is 49.9 Å². The molecule has 2 amide bonds. The van der Waals surface area contributed by atoms with E-state index in [4.69, 9.17) is 0 Å². The lowest BCUT2D eigenvalue weighted by Crippen LogP contribution is -2.48. The standard InChI is InChI=1S/C24H34N6O2/c1-18(2)28-11-13-29(14-12-28)22-9-7-19(8-10-22)24(32)27-21-15-25-30(16-21)17-23(31)26-20-5-3-4-6-20/h7-10,15-16,18,20H,3-6,11-14,17H2,1-2H3,(H,26,31)(H,27,32). The molecule has 1 saturated carbocycles. The van der Waals surface area contributed by atoms with Crippen molar-refractivity contribution in [2.75, 3.05) is 36.4 Å². The fraction of sp³-hybridized carbons (Fsp3) is 0.542. The second kappa shape index (κ2) is 10.2. The molecule has 0 spiro atoms. The van der Waals surface area contributed by atoms with Gasteiger partial charge in [-0.15, -0.1) is 0 Å². The second-order valence-electron chi connectivity index (χ2n) is 9.09. The van der Waals surface area contributed by atoms with Crippen molar-refractivity contribution in [3.63, 3.8) is 0 Å². The largest absolute Gasteiger partial charge is 0.369 e. The Hall–Kier alpha value is -2.87. The van der Waals surface area contributed by atoms with Gasteiger partial charge in [0.05, 0.1) is 11.9 Å². The number of amides is 2. The highest BCUT2D eigenvalue weighted by Crippen LogP contribution is 2.19. The summed E-state index contributed by atoms with van der Waals surface area (Å²) in [5, 5.41) is 10.1. The summed E-state index contributed by atoms with van der Waals surface area (Å²) in [5.74, 6) is -0.223. The molecule has 1 aliphatic heterocycles. The molecule has 4 rings (SSSR count). The maximum absolute atomic E-state index is 12.6. The molecule has 1 aromatic carbocycles. The summed E-state index contributed by atoms with van der Waals surface area (Å²) < 4.78 is 1.56. The van der Waals surface area contributed by atoms with Crippen molar-refractivity contribution in [3.05, 3.63) is 42.2 Å². The van der Waals surface area contributed by atoms with Crippen LogP contribution in [-0.4, -0.2) is 64.8 Å². The molecule has 2 N–H and O–H groups in total. The van der Waals surface area contributed by atoms with Crippen LogP contribution in [0.2, 0.25) is 0 Å². The van der Waals surface area contributed by atoms with Crippen molar-refractivity contribution < 1.29 is 9.59 Å². The van der Waals surface area contributed by atoms with Gasteiger partial charge in [0.2, 0.25) is 5.91 Å². The maximum Gasteiger partial charge on any atom is 0.255 e. The normalized spacial score (nSPS) is 17.7. The first-order valence-corrected chi connectivity index (χ1v) is 11.7. The number of carbonyl (C=O) groups excluding carboxylic acids is 2. The predicted octanol–water partition coefficient (Wildman–Crippen LogP) is 2.72. The number of benzene rings is 1. The SMILES string of the molecule is CC(C)N1CCN(c2ccc(C(=O)Nc3cnn(CC(=O)NC4CCCC4)c3)cc2)CC1. The molecule has 0 atom stereocenters. The summed E-state index contributed by atoms with van der Waals surface area (Å²) in [6, 6.07) is 8.61. The fourth-order valence-corrected chi connectivity index (χ4v) is 4.53. The number of aromatic nitrogens is 2. The molecule has 32 heavy (non-hydrogen) atoms. The van der Waals surface area contributed by atoms with Crippen molar-refractivity contribution in [3.8, 4) is 0 Å². The third-order valence-electron chi connectivity index (χ3n) is 6.46. The zero-order valence-corrected chi connectivity index (χ0v) is 19.1. The van der Waals surface area contributed by atoms with Crippen LogP contribution in [0.15, 0.2) is 36.7 Å². The van der Waals surface area contributed by atoms with Crippen LogP contribution in [0, 0.1) is 0 Å². The van der Waals surface area contributed by atoms with E-state index in [9.17, 15) is 9.59 Å². The van der Waals surface area contributed by atoms with Crippen molar-refractivity contribution in [2.24, 2.45) is 0 Å². The van der Waals surface area contributed by atoms with Crippen LogP contribution < -0.4 is 15.5 Å². The summed E-state index contributed by atoms with van der Waals surface area (Å²) in [6.45, 7) is 8.74. The summed E-state index contributed by atoms with van der Waals surface area (Å²) in [5.41, 5.74) is 2.32. The molecule has 2 aromatic rings. The molecule has 172 valence electrons. The van der Waals surface area contributed by atoms with Crippen molar-refractivity contribution >= 4 is 23.2 Å². The Balaban J connectivity index is 1.27. The van der Waals surface area contributed by atoms with Crippen LogP contribution in [-0.2, 0) is 11.3 Å². The Kier molecular flexibility index (Phi) is 7.09. The molecule has 8 nitrogen and oxygen atoms in total. The predicted molar refractivity (Wildman–Crippen MR) is 126 cm³/mol. The summed E-state index contributed by atoms with van der Waals surface area (Å²) in [6.07, 6.45) is 7.73. The zero-order valence-electron chi connectivity index (χ0n) is 19.1. The average Bonchev–Trinajstić information content (AvgIpc) is 3.46. The molecule has 0 unspecified atom stereocenters. The molecule has 0 radical (unpaired) electrons. The third kappa shape index (κ3) is 5.68. The minimum Gasteiger partial charge on any atom is -0.369 e. The highest BCUT2D eigenvalue weighted by atomic mass is 16.2. The topological polar surface area (TPSA) is 82.5 Å². The summed E-state index contributed by atoms with van der Waals surface area (Å²) in [7, 11) is 0. The van der Waals surface area contributed by atoms with Crippen LogP contribution in [0.4, 0.5) is 11.4 Å². The van der Waals surface area contributed by atoms with Crippen LogP contribution >= 0.6 is 0 Å². The molecule has 1 saturated heterocycles. The number of anilines is 2. The lowest BCUT2D eigenvalue weighted by molar-refractivity contribution is -0.122. The summed E-state index contributed by atoms with van der Waals surface area (Å²) >= 11 is 0. The second-order valence-corrected chi connectivity index (χ2v) is 9.09. The van der Waals surface area contributed by atoms with Gasteiger partial charge in [0.1, 0.15) is 6.54 Å². The van der Waals surface area contributed by atoms with E-state index >= 15 is 0 Å². The van der Waals surface area contributed by atoms with Gasteiger partial charge in [0, 0.05) is 55.7 Å². The van der Waals surface area contributed by atoms with Gasteiger partial charge in [0.15, 0.2) is 0 Å². The fourth-order valence-electron chi connectivity index (χ4n) is 4.53. The monoisotopic (exact) mass is 438 g/mol. The quantitative estimate of drug-likeness (QED) is 0.695. The van der Waals surface area contributed by atoms with E-state index in [1.165, 1.54) is 12.8 Å².